The third-order valence-electron chi connectivity index (χ3n) is 3.05. The Morgan fingerprint density at radius 3 is 3.06 bits per heavy atom. The molecule has 0 bridgehead atoms. The second-order valence-electron chi connectivity index (χ2n) is 4.56. The number of rotatable bonds is 4. The van der Waals surface area contributed by atoms with Gasteiger partial charge in [0.05, 0.1) is 0 Å². The average Bonchev–Trinajstić information content (AvgIpc) is 2.70. The van der Waals surface area contributed by atoms with Gasteiger partial charge in [-0.3, -0.25) is 0 Å². The Balaban J connectivity index is 1.84. The highest BCUT2D eigenvalue weighted by molar-refractivity contribution is 9.10. The fraction of sp³-hybridized carbons (Fsp3) is 0.538. The minimum absolute atomic E-state index is 0.251. The zero-order valence-corrected chi connectivity index (χ0v) is 10.9. The Morgan fingerprint density at radius 2 is 2.38 bits per heavy atom. The first-order chi connectivity index (χ1) is 7.74. The van der Waals surface area contributed by atoms with E-state index in [1.165, 1.54) is 12.0 Å². The molecule has 1 saturated heterocycles. The third-order valence-corrected chi connectivity index (χ3v) is 3.54. The molecule has 16 heavy (non-hydrogen) atoms. The lowest BCUT2D eigenvalue weighted by molar-refractivity contribution is 0.182. The number of hydrogen-bond donors (Lipinski definition) is 1. The second kappa shape index (κ2) is 5.80. The molecule has 0 aromatic heterocycles. The number of hydrogen-bond acceptors (Lipinski definition) is 2. The largest absolute Gasteiger partial charge is 0.381 e. The first-order valence-corrected chi connectivity index (χ1v) is 6.61. The lowest BCUT2D eigenvalue weighted by atomic mass is 9.95. The predicted molar refractivity (Wildman–Crippen MR) is 69.4 cm³/mol. The van der Waals surface area contributed by atoms with Crippen molar-refractivity contribution in [3.63, 3.8) is 0 Å². The van der Waals surface area contributed by atoms with Gasteiger partial charge in [-0.05, 0) is 42.9 Å². The van der Waals surface area contributed by atoms with E-state index >= 15 is 0 Å². The maximum atomic E-state index is 6.16. The molecule has 1 heterocycles. The van der Waals surface area contributed by atoms with E-state index < -0.39 is 0 Å². The molecule has 1 aromatic rings. The van der Waals surface area contributed by atoms with Crippen LogP contribution in [-0.4, -0.2) is 19.3 Å². The molecule has 0 spiro atoms. The van der Waals surface area contributed by atoms with Crippen molar-refractivity contribution in [3.8, 4) is 0 Å². The molecular weight excluding hydrogens is 266 g/mol. The zero-order valence-electron chi connectivity index (χ0n) is 9.36. The normalized spacial score (nSPS) is 22.2. The minimum atomic E-state index is 0.251. The van der Waals surface area contributed by atoms with Gasteiger partial charge in [-0.2, -0.15) is 0 Å². The fourth-order valence-corrected chi connectivity index (χ4v) is 2.69. The fourth-order valence-electron chi connectivity index (χ4n) is 2.25. The molecule has 2 atom stereocenters. The summed E-state index contributed by atoms with van der Waals surface area (Å²) in [5, 5.41) is 0. The lowest BCUT2D eigenvalue weighted by Crippen LogP contribution is -2.26. The monoisotopic (exact) mass is 283 g/mol. The Morgan fingerprint density at radius 1 is 1.50 bits per heavy atom. The van der Waals surface area contributed by atoms with Gasteiger partial charge >= 0.3 is 0 Å². The van der Waals surface area contributed by atoms with Crippen LogP contribution in [0.2, 0.25) is 0 Å². The number of ether oxygens (including phenoxy) is 1. The molecule has 3 heteroatoms. The predicted octanol–water partition coefficient (Wildman–Crippen LogP) is 2.75. The van der Waals surface area contributed by atoms with Crippen molar-refractivity contribution >= 4 is 15.9 Å². The van der Waals surface area contributed by atoms with Crippen LogP contribution in [0.25, 0.3) is 0 Å². The molecule has 88 valence electrons. The molecule has 0 radical (unpaired) electrons. The first-order valence-electron chi connectivity index (χ1n) is 5.82. The van der Waals surface area contributed by atoms with Gasteiger partial charge in [-0.1, -0.05) is 28.1 Å². The quantitative estimate of drug-likeness (QED) is 0.922. The Bertz CT molecular complexity index is 336. The van der Waals surface area contributed by atoms with E-state index in [2.05, 4.69) is 34.1 Å². The molecule has 2 unspecified atom stereocenters. The third kappa shape index (κ3) is 3.58. The molecule has 1 fully saturated rings. The van der Waals surface area contributed by atoms with Crippen molar-refractivity contribution in [2.75, 3.05) is 13.2 Å². The summed E-state index contributed by atoms with van der Waals surface area (Å²) in [7, 11) is 0. The average molecular weight is 284 g/mol. The summed E-state index contributed by atoms with van der Waals surface area (Å²) in [6.45, 7) is 1.81. The molecule has 2 nitrogen and oxygen atoms in total. The molecule has 0 saturated carbocycles. The number of benzene rings is 1. The highest BCUT2D eigenvalue weighted by atomic mass is 79.9. The zero-order chi connectivity index (χ0) is 11.4. The van der Waals surface area contributed by atoms with Gasteiger partial charge in [0.25, 0.3) is 0 Å². The van der Waals surface area contributed by atoms with Crippen molar-refractivity contribution in [1.82, 2.24) is 0 Å². The maximum Gasteiger partial charge on any atom is 0.0495 e. The summed E-state index contributed by atoms with van der Waals surface area (Å²) in [5.74, 6) is 0.669. The second-order valence-corrected chi connectivity index (χ2v) is 5.48. The number of nitrogens with two attached hydrogens (primary N) is 1. The van der Waals surface area contributed by atoms with E-state index in [9.17, 15) is 0 Å². The van der Waals surface area contributed by atoms with Gasteiger partial charge in [0.1, 0.15) is 0 Å². The van der Waals surface area contributed by atoms with E-state index in [4.69, 9.17) is 10.5 Å². The standard InChI is InChI=1S/C13H18BrNO/c14-12-3-1-2-10(6-12)7-13(15)8-11-4-5-16-9-11/h1-3,6,11,13H,4-5,7-9,15H2. The van der Waals surface area contributed by atoms with Gasteiger partial charge in [0, 0.05) is 23.7 Å². The van der Waals surface area contributed by atoms with Crippen molar-refractivity contribution in [2.24, 2.45) is 11.7 Å². The van der Waals surface area contributed by atoms with Crippen molar-refractivity contribution in [2.45, 2.75) is 25.3 Å². The van der Waals surface area contributed by atoms with Crippen LogP contribution >= 0.6 is 15.9 Å². The molecule has 0 aliphatic carbocycles. The highest BCUT2D eigenvalue weighted by Gasteiger charge is 2.18. The molecule has 2 N–H and O–H groups in total. The lowest BCUT2D eigenvalue weighted by Gasteiger charge is -2.15. The van der Waals surface area contributed by atoms with Gasteiger partial charge in [0.15, 0.2) is 0 Å². The first kappa shape index (κ1) is 12.1. The molecule has 0 amide bonds. The topological polar surface area (TPSA) is 35.2 Å². The summed E-state index contributed by atoms with van der Waals surface area (Å²) in [5.41, 5.74) is 7.47. The van der Waals surface area contributed by atoms with E-state index in [-0.39, 0.29) is 6.04 Å². The highest BCUT2D eigenvalue weighted by Crippen LogP contribution is 2.20. The van der Waals surface area contributed by atoms with Gasteiger partial charge < -0.3 is 10.5 Å². The van der Waals surface area contributed by atoms with Crippen LogP contribution < -0.4 is 5.73 Å². The molecule has 2 rings (SSSR count). The van der Waals surface area contributed by atoms with E-state index in [0.717, 1.165) is 30.5 Å². The van der Waals surface area contributed by atoms with Crippen molar-refractivity contribution in [1.29, 1.82) is 0 Å². The SMILES string of the molecule is NC(Cc1cccc(Br)c1)CC1CCOC1. The Labute approximate surface area is 105 Å². The summed E-state index contributed by atoms with van der Waals surface area (Å²) >= 11 is 3.48. The van der Waals surface area contributed by atoms with Gasteiger partial charge in [-0.15, -0.1) is 0 Å². The Kier molecular flexibility index (Phi) is 4.38. The molecule has 1 aliphatic rings. The van der Waals surface area contributed by atoms with Crippen LogP contribution in [0.15, 0.2) is 28.7 Å². The van der Waals surface area contributed by atoms with Gasteiger partial charge in [-0.25, -0.2) is 0 Å². The van der Waals surface area contributed by atoms with E-state index in [1.54, 1.807) is 0 Å². The summed E-state index contributed by atoms with van der Waals surface area (Å²) in [6.07, 6.45) is 3.20. The smallest absolute Gasteiger partial charge is 0.0495 e. The van der Waals surface area contributed by atoms with Crippen LogP contribution in [0.5, 0.6) is 0 Å². The number of halogens is 1. The minimum Gasteiger partial charge on any atom is -0.381 e. The van der Waals surface area contributed by atoms with E-state index in [0.29, 0.717) is 5.92 Å². The van der Waals surface area contributed by atoms with Crippen LogP contribution in [0, 0.1) is 5.92 Å². The summed E-state index contributed by atoms with van der Waals surface area (Å²) < 4.78 is 6.49. The van der Waals surface area contributed by atoms with Crippen LogP contribution in [0.3, 0.4) is 0 Å². The molecule has 1 aromatic carbocycles. The van der Waals surface area contributed by atoms with Crippen molar-refractivity contribution in [3.05, 3.63) is 34.3 Å². The van der Waals surface area contributed by atoms with Crippen LogP contribution in [0.1, 0.15) is 18.4 Å². The molecule has 1 aliphatic heterocycles. The summed E-state index contributed by atoms with van der Waals surface area (Å²) in [6, 6.07) is 8.63. The Hall–Kier alpha value is -0.380. The van der Waals surface area contributed by atoms with Gasteiger partial charge in [0.2, 0.25) is 0 Å². The molecular formula is C13H18BrNO. The maximum absolute atomic E-state index is 6.16. The van der Waals surface area contributed by atoms with Crippen LogP contribution in [0.4, 0.5) is 0 Å². The van der Waals surface area contributed by atoms with E-state index in [1.807, 2.05) is 6.07 Å². The summed E-state index contributed by atoms with van der Waals surface area (Å²) in [4.78, 5) is 0. The van der Waals surface area contributed by atoms with Crippen molar-refractivity contribution < 1.29 is 4.74 Å². The van der Waals surface area contributed by atoms with Crippen LogP contribution in [-0.2, 0) is 11.2 Å².